The minimum Gasteiger partial charge on any atom is -0.497 e. The molecule has 0 radical (unpaired) electrons. The van der Waals surface area contributed by atoms with Gasteiger partial charge in [0.15, 0.2) is 5.82 Å². The Hall–Kier alpha value is -3.11. The van der Waals surface area contributed by atoms with E-state index in [-0.39, 0.29) is 0 Å². The number of nitrogens with zero attached hydrogens (tertiary/aromatic N) is 2. The molecule has 0 aliphatic heterocycles. The first kappa shape index (κ1) is 17.3. The molecule has 0 saturated heterocycles. The third-order valence-corrected chi connectivity index (χ3v) is 4.58. The number of benzene rings is 3. The van der Waals surface area contributed by atoms with Crippen LogP contribution in [0.4, 0.5) is 5.82 Å². The first-order chi connectivity index (χ1) is 13.2. The molecule has 1 aromatic heterocycles. The van der Waals surface area contributed by atoms with Crippen LogP contribution in [0.15, 0.2) is 72.8 Å². The van der Waals surface area contributed by atoms with Gasteiger partial charge in [0.25, 0.3) is 0 Å². The van der Waals surface area contributed by atoms with Crippen LogP contribution in [0.2, 0.25) is 5.02 Å². The fourth-order valence-corrected chi connectivity index (χ4v) is 2.99. The predicted octanol–water partition coefficient (Wildman–Crippen LogP) is 5.57. The minimum absolute atomic E-state index is 0.658. The highest BCUT2D eigenvalue weighted by molar-refractivity contribution is 6.30. The summed E-state index contributed by atoms with van der Waals surface area (Å²) in [5, 5.41) is 5.13. The van der Waals surface area contributed by atoms with Crippen LogP contribution in [0.1, 0.15) is 5.56 Å². The van der Waals surface area contributed by atoms with E-state index < -0.39 is 0 Å². The van der Waals surface area contributed by atoms with Gasteiger partial charge in [-0.05, 0) is 54.1 Å². The molecule has 4 rings (SSSR count). The molecule has 5 heteroatoms. The molecule has 134 valence electrons. The number of methoxy groups -OCH3 is 1. The van der Waals surface area contributed by atoms with Gasteiger partial charge in [-0.25, -0.2) is 9.97 Å². The van der Waals surface area contributed by atoms with Crippen molar-refractivity contribution in [3.05, 3.63) is 83.4 Å². The molecule has 0 spiro atoms. The van der Waals surface area contributed by atoms with Crippen molar-refractivity contribution < 1.29 is 4.74 Å². The monoisotopic (exact) mass is 375 g/mol. The molecule has 0 aliphatic rings. The topological polar surface area (TPSA) is 47.0 Å². The summed E-state index contributed by atoms with van der Waals surface area (Å²) in [4.78, 5) is 9.46. The number of rotatable bonds is 5. The standard InChI is InChI=1S/C22H18ClN3O/c1-27-18-12-6-15(7-13-18)14-24-22-19-4-2-3-5-20(19)25-21(26-22)16-8-10-17(23)11-9-16/h2-13H,14H2,1H3,(H,24,25,26). The highest BCUT2D eigenvalue weighted by Gasteiger charge is 2.09. The number of nitrogens with one attached hydrogen (secondary N) is 1. The number of para-hydroxylation sites is 1. The van der Waals surface area contributed by atoms with E-state index in [0.717, 1.165) is 33.6 Å². The van der Waals surface area contributed by atoms with Crippen LogP contribution in [-0.2, 0) is 6.54 Å². The molecular formula is C22H18ClN3O. The maximum Gasteiger partial charge on any atom is 0.162 e. The Kier molecular flexibility index (Phi) is 4.90. The zero-order valence-corrected chi connectivity index (χ0v) is 15.6. The lowest BCUT2D eigenvalue weighted by Gasteiger charge is -2.11. The molecule has 0 amide bonds. The Labute approximate surface area is 162 Å². The summed E-state index contributed by atoms with van der Waals surface area (Å²) in [5.41, 5.74) is 2.97. The van der Waals surface area contributed by atoms with E-state index >= 15 is 0 Å². The number of anilines is 1. The predicted molar refractivity (Wildman–Crippen MR) is 110 cm³/mol. The van der Waals surface area contributed by atoms with E-state index in [1.807, 2.05) is 72.8 Å². The number of hydrogen-bond donors (Lipinski definition) is 1. The Morgan fingerprint density at radius 1 is 0.889 bits per heavy atom. The minimum atomic E-state index is 0.658. The van der Waals surface area contributed by atoms with E-state index in [2.05, 4.69) is 5.32 Å². The number of halogens is 1. The molecule has 0 saturated carbocycles. The van der Waals surface area contributed by atoms with Gasteiger partial charge in [-0.2, -0.15) is 0 Å². The lowest BCUT2D eigenvalue weighted by Crippen LogP contribution is -2.04. The Balaban J connectivity index is 1.68. The molecule has 1 heterocycles. The number of hydrogen-bond acceptors (Lipinski definition) is 4. The van der Waals surface area contributed by atoms with E-state index in [4.69, 9.17) is 26.3 Å². The average molecular weight is 376 g/mol. The summed E-state index contributed by atoms with van der Waals surface area (Å²) in [7, 11) is 1.67. The summed E-state index contributed by atoms with van der Waals surface area (Å²) >= 11 is 6.00. The van der Waals surface area contributed by atoms with Crippen LogP contribution in [-0.4, -0.2) is 17.1 Å². The third kappa shape index (κ3) is 3.86. The third-order valence-electron chi connectivity index (χ3n) is 4.32. The van der Waals surface area contributed by atoms with Gasteiger partial charge in [0, 0.05) is 22.5 Å². The van der Waals surface area contributed by atoms with Gasteiger partial charge in [-0.1, -0.05) is 35.9 Å². The molecule has 3 aromatic carbocycles. The van der Waals surface area contributed by atoms with Gasteiger partial charge in [0.2, 0.25) is 0 Å². The fraction of sp³-hybridized carbons (Fsp3) is 0.0909. The van der Waals surface area contributed by atoms with Crippen molar-refractivity contribution in [3.8, 4) is 17.1 Å². The Bertz CT molecular complexity index is 1060. The largest absolute Gasteiger partial charge is 0.497 e. The molecule has 27 heavy (non-hydrogen) atoms. The molecule has 4 nitrogen and oxygen atoms in total. The van der Waals surface area contributed by atoms with Crippen LogP contribution in [0, 0.1) is 0 Å². The van der Waals surface area contributed by atoms with Crippen LogP contribution in [0.3, 0.4) is 0 Å². The number of fused-ring (bicyclic) bond motifs is 1. The molecule has 0 fully saturated rings. The van der Waals surface area contributed by atoms with Crippen molar-refractivity contribution in [2.24, 2.45) is 0 Å². The van der Waals surface area contributed by atoms with Crippen molar-refractivity contribution in [3.63, 3.8) is 0 Å². The zero-order valence-electron chi connectivity index (χ0n) is 14.8. The molecule has 4 aromatic rings. The summed E-state index contributed by atoms with van der Waals surface area (Å²) in [6.45, 7) is 0.658. The molecule has 1 N–H and O–H groups in total. The summed E-state index contributed by atoms with van der Waals surface area (Å²) in [6, 6.07) is 23.5. The smallest absolute Gasteiger partial charge is 0.162 e. The first-order valence-electron chi connectivity index (χ1n) is 8.62. The number of aromatic nitrogens is 2. The van der Waals surface area contributed by atoms with Crippen LogP contribution < -0.4 is 10.1 Å². The second-order valence-corrected chi connectivity index (χ2v) is 6.56. The van der Waals surface area contributed by atoms with Gasteiger partial charge >= 0.3 is 0 Å². The van der Waals surface area contributed by atoms with Gasteiger partial charge in [-0.3, -0.25) is 0 Å². The molecule has 0 bridgehead atoms. The lowest BCUT2D eigenvalue weighted by atomic mass is 10.1. The highest BCUT2D eigenvalue weighted by atomic mass is 35.5. The second-order valence-electron chi connectivity index (χ2n) is 6.12. The van der Waals surface area contributed by atoms with E-state index in [0.29, 0.717) is 17.4 Å². The maximum absolute atomic E-state index is 6.00. The molecule has 0 atom stereocenters. The average Bonchev–Trinajstić information content (AvgIpc) is 2.72. The van der Waals surface area contributed by atoms with Crippen molar-refractivity contribution >= 4 is 28.3 Å². The zero-order chi connectivity index (χ0) is 18.6. The highest BCUT2D eigenvalue weighted by Crippen LogP contribution is 2.26. The second kappa shape index (κ2) is 7.64. The van der Waals surface area contributed by atoms with Crippen LogP contribution >= 0.6 is 11.6 Å². The van der Waals surface area contributed by atoms with Gasteiger partial charge in [-0.15, -0.1) is 0 Å². The van der Waals surface area contributed by atoms with Gasteiger partial charge < -0.3 is 10.1 Å². The lowest BCUT2D eigenvalue weighted by molar-refractivity contribution is 0.414. The Morgan fingerprint density at radius 2 is 1.63 bits per heavy atom. The summed E-state index contributed by atoms with van der Waals surface area (Å²) in [6.07, 6.45) is 0. The van der Waals surface area contributed by atoms with E-state index in [1.54, 1.807) is 7.11 Å². The fourth-order valence-electron chi connectivity index (χ4n) is 2.87. The normalized spacial score (nSPS) is 10.7. The van der Waals surface area contributed by atoms with Gasteiger partial charge in [0.1, 0.15) is 11.6 Å². The van der Waals surface area contributed by atoms with E-state index in [9.17, 15) is 0 Å². The Morgan fingerprint density at radius 3 is 2.37 bits per heavy atom. The summed E-state index contributed by atoms with van der Waals surface area (Å²) < 4.78 is 5.21. The number of ether oxygens (including phenoxy) is 1. The van der Waals surface area contributed by atoms with Crippen LogP contribution in [0.25, 0.3) is 22.3 Å². The molecule has 0 unspecified atom stereocenters. The summed E-state index contributed by atoms with van der Waals surface area (Å²) in [5.74, 6) is 2.32. The van der Waals surface area contributed by atoms with Crippen molar-refractivity contribution in [2.75, 3.05) is 12.4 Å². The van der Waals surface area contributed by atoms with E-state index in [1.165, 1.54) is 0 Å². The van der Waals surface area contributed by atoms with Crippen molar-refractivity contribution in [2.45, 2.75) is 6.54 Å². The quantitative estimate of drug-likeness (QED) is 0.495. The maximum atomic E-state index is 6.00. The van der Waals surface area contributed by atoms with Crippen molar-refractivity contribution in [1.29, 1.82) is 0 Å². The first-order valence-corrected chi connectivity index (χ1v) is 9.00. The molecular weight excluding hydrogens is 358 g/mol. The molecule has 0 aliphatic carbocycles. The SMILES string of the molecule is COc1ccc(CNc2nc(-c3ccc(Cl)cc3)nc3ccccc23)cc1. The van der Waals surface area contributed by atoms with Crippen LogP contribution in [0.5, 0.6) is 5.75 Å². The van der Waals surface area contributed by atoms with Crippen molar-refractivity contribution in [1.82, 2.24) is 9.97 Å². The van der Waals surface area contributed by atoms with Gasteiger partial charge in [0.05, 0.1) is 12.6 Å².